The van der Waals surface area contributed by atoms with Crippen LogP contribution in [0.1, 0.15) is 23.7 Å². The summed E-state index contributed by atoms with van der Waals surface area (Å²) in [6.45, 7) is 2.64. The molecule has 1 aliphatic heterocycles. The molecule has 1 aliphatic rings. The Kier molecular flexibility index (Phi) is 6.51. The first-order valence-electron chi connectivity index (χ1n) is 9.18. The maximum absolute atomic E-state index is 12.1. The highest BCUT2D eigenvalue weighted by Crippen LogP contribution is 2.34. The Bertz CT molecular complexity index is 898. The van der Waals surface area contributed by atoms with Crippen molar-refractivity contribution >= 4 is 29.2 Å². The van der Waals surface area contributed by atoms with E-state index in [2.05, 4.69) is 21.3 Å². The van der Waals surface area contributed by atoms with E-state index in [4.69, 9.17) is 9.47 Å². The molecule has 152 valence electrons. The van der Waals surface area contributed by atoms with Gasteiger partial charge >= 0.3 is 6.03 Å². The lowest BCUT2D eigenvalue weighted by atomic mass is 10.2. The number of urea groups is 1. The van der Waals surface area contributed by atoms with Crippen LogP contribution in [0.5, 0.6) is 11.5 Å². The van der Waals surface area contributed by atoms with Crippen molar-refractivity contribution in [1.29, 1.82) is 0 Å². The van der Waals surface area contributed by atoms with Gasteiger partial charge in [0.2, 0.25) is 12.7 Å². The summed E-state index contributed by atoms with van der Waals surface area (Å²) in [6.07, 6.45) is 0.407. The van der Waals surface area contributed by atoms with Gasteiger partial charge in [-0.05, 0) is 36.4 Å². The third-order valence-electron chi connectivity index (χ3n) is 4.09. The second kappa shape index (κ2) is 9.45. The Hall–Kier alpha value is -3.75. The second-order valence-corrected chi connectivity index (χ2v) is 6.18. The molecule has 0 aromatic heterocycles. The molecule has 0 saturated carbocycles. The van der Waals surface area contributed by atoms with Crippen LogP contribution in [0.4, 0.5) is 16.2 Å². The molecule has 0 atom stereocenters. The lowest BCUT2D eigenvalue weighted by molar-refractivity contribution is -0.120. The van der Waals surface area contributed by atoms with Crippen LogP contribution in [0.2, 0.25) is 0 Å². The van der Waals surface area contributed by atoms with E-state index in [1.807, 2.05) is 0 Å². The largest absolute Gasteiger partial charge is 0.454 e. The van der Waals surface area contributed by atoms with Crippen LogP contribution >= 0.6 is 0 Å². The van der Waals surface area contributed by atoms with Crippen LogP contribution < -0.4 is 30.7 Å². The molecule has 0 spiro atoms. The minimum Gasteiger partial charge on any atom is -0.454 e. The fourth-order valence-corrected chi connectivity index (χ4v) is 2.58. The maximum atomic E-state index is 12.1. The number of nitrogens with one attached hydrogen (secondary N) is 4. The van der Waals surface area contributed by atoms with E-state index in [9.17, 15) is 14.4 Å². The average molecular weight is 398 g/mol. The fourth-order valence-electron chi connectivity index (χ4n) is 2.58. The van der Waals surface area contributed by atoms with Gasteiger partial charge in [-0.15, -0.1) is 0 Å². The standard InChI is InChI=1S/C20H22N4O5/c1-2-18(25)21-9-10-22-19(26)13-3-5-14(6-4-13)23-20(27)24-15-7-8-16-17(11-15)29-12-28-16/h3-8,11H,2,9-10,12H2,1H3,(H,21,25)(H,22,26)(H2,23,24,27). The minimum absolute atomic E-state index is 0.0614. The first-order chi connectivity index (χ1) is 14.0. The monoisotopic (exact) mass is 398 g/mol. The molecule has 9 heteroatoms. The molecule has 2 aromatic carbocycles. The van der Waals surface area contributed by atoms with Crippen LogP contribution in [0.15, 0.2) is 42.5 Å². The van der Waals surface area contributed by atoms with Crippen molar-refractivity contribution in [3.05, 3.63) is 48.0 Å². The number of anilines is 2. The van der Waals surface area contributed by atoms with Gasteiger partial charge in [-0.25, -0.2) is 4.79 Å². The summed E-state index contributed by atoms with van der Waals surface area (Å²) < 4.78 is 10.5. The zero-order chi connectivity index (χ0) is 20.6. The summed E-state index contributed by atoms with van der Waals surface area (Å²) in [7, 11) is 0. The smallest absolute Gasteiger partial charge is 0.323 e. The van der Waals surface area contributed by atoms with Gasteiger partial charge in [0.15, 0.2) is 11.5 Å². The van der Waals surface area contributed by atoms with Gasteiger partial charge in [0.05, 0.1) is 0 Å². The van der Waals surface area contributed by atoms with Gasteiger partial charge in [-0.2, -0.15) is 0 Å². The highest BCUT2D eigenvalue weighted by molar-refractivity contribution is 6.00. The van der Waals surface area contributed by atoms with Crippen molar-refractivity contribution in [3.63, 3.8) is 0 Å². The van der Waals surface area contributed by atoms with Crippen LogP contribution in [-0.4, -0.2) is 37.7 Å². The zero-order valence-corrected chi connectivity index (χ0v) is 15.9. The summed E-state index contributed by atoms with van der Waals surface area (Å²) in [4.78, 5) is 35.4. The van der Waals surface area contributed by atoms with Crippen LogP contribution in [-0.2, 0) is 4.79 Å². The highest BCUT2D eigenvalue weighted by atomic mass is 16.7. The number of carbonyl (C=O) groups is 3. The molecule has 2 aromatic rings. The van der Waals surface area contributed by atoms with E-state index in [0.717, 1.165) is 0 Å². The number of benzene rings is 2. The number of hydrogen-bond donors (Lipinski definition) is 4. The number of hydrogen-bond acceptors (Lipinski definition) is 5. The zero-order valence-electron chi connectivity index (χ0n) is 15.9. The Morgan fingerprint density at radius 1 is 0.862 bits per heavy atom. The number of amides is 4. The Morgan fingerprint density at radius 2 is 1.52 bits per heavy atom. The Morgan fingerprint density at radius 3 is 2.28 bits per heavy atom. The van der Waals surface area contributed by atoms with Gasteiger partial charge in [-0.1, -0.05) is 6.92 Å². The maximum Gasteiger partial charge on any atom is 0.323 e. The molecule has 0 saturated heterocycles. The van der Waals surface area contributed by atoms with Crippen LogP contribution in [0.25, 0.3) is 0 Å². The topological polar surface area (TPSA) is 118 Å². The molecule has 1 heterocycles. The van der Waals surface area contributed by atoms with Gasteiger partial charge in [0.1, 0.15) is 0 Å². The van der Waals surface area contributed by atoms with Crippen molar-refractivity contribution < 1.29 is 23.9 Å². The Balaban J connectivity index is 1.46. The Labute approximate surface area is 167 Å². The van der Waals surface area contributed by atoms with Crippen molar-refractivity contribution in [2.24, 2.45) is 0 Å². The van der Waals surface area contributed by atoms with Gasteiger partial charge < -0.3 is 30.7 Å². The van der Waals surface area contributed by atoms with Crippen LogP contribution in [0.3, 0.4) is 0 Å². The molecule has 0 fully saturated rings. The summed E-state index contributed by atoms with van der Waals surface area (Å²) in [6, 6.07) is 11.2. The molecule has 3 rings (SSSR count). The van der Waals surface area contributed by atoms with Crippen LogP contribution in [0, 0.1) is 0 Å². The van der Waals surface area contributed by atoms with E-state index in [-0.39, 0.29) is 18.6 Å². The fraction of sp³-hybridized carbons (Fsp3) is 0.250. The quantitative estimate of drug-likeness (QED) is 0.534. The van der Waals surface area contributed by atoms with E-state index in [0.29, 0.717) is 47.9 Å². The number of rotatable bonds is 7. The molecule has 29 heavy (non-hydrogen) atoms. The minimum atomic E-state index is -0.423. The molecule has 0 radical (unpaired) electrons. The SMILES string of the molecule is CCC(=O)NCCNC(=O)c1ccc(NC(=O)Nc2ccc3c(c2)OCO3)cc1. The molecule has 9 nitrogen and oxygen atoms in total. The average Bonchev–Trinajstić information content (AvgIpc) is 3.19. The number of carbonyl (C=O) groups excluding carboxylic acids is 3. The third kappa shape index (κ3) is 5.61. The van der Waals surface area contributed by atoms with Crippen molar-refractivity contribution in [2.45, 2.75) is 13.3 Å². The molecular weight excluding hydrogens is 376 g/mol. The predicted molar refractivity (Wildman–Crippen MR) is 107 cm³/mol. The molecule has 0 aliphatic carbocycles. The van der Waals surface area contributed by atoms with E-state index >= 15 is 0 Å². The summed E-state index contributed by atoms with van der Waals surface area (Å²) in [5.74, 6) is 0.894. The van der Waals surface area contributed by atoms with E-state index in [1.165, 1.54) is 0 Å². The molecule has 0 unspecified atom stereocenters. The molecule has 4 N–H and O–H groups in total. The first kappa shape index (κ1) is 20.0. The summed E-state index contributed by atoms with van der Waals surface area (Å²) in [5.41, 5.74) is 1.56. The highest BCUT2D eigenvalue weighted by Gasteiger charge is 2.14. The van der Waals surface area contributed by atoms with Crippen molar-refractivity contribution in [2.75, 3.05) is 30.5 Å². The molecule has 4 amide bonds. The first-order valence-corrected chi connectivity index (χ1v) is 9.18. The second-order valence-electron chi connectivity index (χ2n) is 6.18. The molecular formula is C20H22N4O5. The number of ether oxygens (including phenoxy) is 2. The van der Waals surface area contributed by atoms with E-state index < -0.39 is 6.03 Å². The third-order valence-corrected chi connectivity index (χ3v) is 4.09. The molecule has 0 bridgehead atoms. The van der Waals surface area contributed by atoms with Crippen molar-refractivity contribution in [3.8, 4) is 11.5 Å². The summed E-state index contributed by atoms with van der Waals surface area (Å²) >= 11 is 0. The van der Waals surface area contributed by atoms with E-state index in [1.54, 1.807) is 49.4 Å². The van der Waals surface area contributed by atoms with Gasteiger partial charge in [-0.3, -0.25) is 9.59 Å². The lowest BCUT2D eigenvalue weighted by Gasteiger charge is -2.09. The van der Waals surface area contributed by atoms with Crippen molar-refractivity contribution in [1.82, 2.24) is 10.6 Å². The normalized spacial score (nSPS) is 11.5. The van der Waals surface area contributed by atoms with Gasteiger partial charge in [0, 0.05) is 42.5 Å². The predicted octanol–water partition coefficient (Wildman–Crippen LogP) is 2.32. The summed E-state index contributed by atoms with van der Waals surface area (Å²) in [5, 5.41) is 10.8. The van der Waals surface area contributed by atoms with Gasteiger partial charge in [0.25, 0.3) is 5.91 Å². The lowest BCUT2D eigenvalue weighted by Crippen LogP contribution is -2.34. The number of fused-ring (bicyclic) bond motifs is 1.